The maximum Gasteiger partial charge on any atom is 0.216 e. The Labute approximate surface area is 73.9 Å². The number of amides is 2. The molecule has 0 saturated heterocycles. The van der Waals surface area contributed by atoms with Gasteiger partial charge in [0.05, 0.1) is 0 Å². The molecule has 0 atom stereocenters. The molecule has 4 nitrogen and oxygen atoms in total. The van der Waals surface area contributed by atoms with Crippen molar-refractivity contribution in [2.24, 2.45) is 0 Å². The Morgan fingerprint density at radius 3 is 1.75 bits per heavy atom. The lowest BCUT2D eigenvalue weighted by molar-refractivity contribution is -0.119. The minimum absolute atomic E-state index is 0.00463. The first-order valence-corrected chi connectivity index (χ1v) is 3.99. The van der Waals surface area contributed by atoms with Crippen molar-refractivity contribution in [3.63, 3.8) is 0 Å². The predicted octanol–water partition coefficient (Wildman–Crippen LogP) is 0.237. The largest absolute Gasteiger partial charge is 0.359 e. The van der Waals surface area contributed by atoms with E-state index < -0.39 is 0 Å². The maximum atomic E-state index is 9.89. The average Bonchev–Trinajstić information content (AvgIpc) is 2.09. The van der Waals surface area contributed by atoms with Gasteiger partial charge in [0.15, 0.2) is 0 Å². The third kappa shape index (κ3) is 11.7. The molecule has 0 saturated carbocycles. The number of carbonyl (C=O) groups is 2. The molecule has 0 bridgehead atoms. The summed E-state index contributed by atoms with van der Waals surface area (Å²) in [6.45, 7) is 7.02. The molecule has 72 valence electrons. The van der Waals surface area contributed by atoms with Gasteiger partial charge in [0.2, 0.25) is 12.3 Å². The predicted molar refractivity (Wildman–Crippen MR) is 48.7 cm³/mol. The lowest BCUT2D eigenvalue weighted by atomic mass is 10.6. The first-order chi connectivity index (χ1) is 5.62. The number of hydrogen-bond donors (Lipinski definition) is 1. The Balaban J connectivity index is 0. The lowest BCUT2D eigenvalue weighted by Crippen LogP contribution is -2.19. The Kier molecular flexibility index (Phi) is 11.2. The zero-order valence-corrected chi connectivity index (χ0v) is 8.26. The number of rotatable bonds is 3. The average molecular weight is 174 g/mol. The van der Waals surface area contributed by atoms with Crippen molar-refractivity contribution in [1.29, 1.82) is 0 Å². The van der Waals surface area contributed by atoms with E-state index in [1.165, 1.54) is 6.92 Å². The molecule has 0 aliphatic carbocycles. The van der Waals surface area contributed by atoms with E-state index in [-0.39, 0.29) is 5.91 Å². The van der Waals surface area contributed by atoms with Crippen LogP contribution in [0.2, 0.25) is 0 Å². The van der Waals surface area contributed by atoms with Gasteiger partial charge in [-0.05, 0) is 13.8 Å². The van der Waals surface area contributed by atoms with Crippen LogP contribution in [0.25, 0.3) is 0 Å². The van der Waals surface area contributed by atoms with E-state index in [2.05, 4.69) is 5.32 Å². The molecule has 2 amide bonds. The van der Waals surface area contributed by atoms with E-state index in [1.54, 1.807) is 11.9 Å². The molecule has 4 heteroatoms. The summed E-state index contributed by atoms with van der Waals surface area (Å²) in [6, 6.07) is 0. The minimum Gasteiger partial charge on any atom is -0.359 e. The Bertz CT molecular complexity index is 122. The highest BCUT2D eigenvalue weighted by atomic mass is 16.1. The SMILES string of the molecule is CCN(C=O)CC.CNC(C)=O. The van der Waals surface area contributed by atoms with Crippen molar-refractivity contribution in [1.82, 2.24) is 10.2 Å². The molecule has 0 heterocycles. The molecule has 0 unspecified atom stereocenters. The van der Waals surface area contributed by atoms with Crippen molar-refractivity contribution in [3.05, 3.63) is 0 Å². The van der Waals surface area contributed by atoms with E-state index in [0.29, 0.717) is 0 Å². The van der Waals surface area contributed by atoms with Crippen LogP contribution in [0, 0.1) is 0 Å². The first-order valence-electron chi connectivity index (χ1n) is 3.99. The van der Waals surface area contributed by atoms with Gasteiger partial charge >= 0.3 is 0 Å². The number of carbonyl (C=O) groups excluding carboxylic acids is 2. The highest BCUT2D eigenvalue weighted by Crippen LogP contribution is 1.75. The van der Waals surface area contributed by atoms with Crippen LogP contribution in [-0.2, 0) is 9.59 Å². The molecule has 0 spiro atoms. The summed E-state index contributed by atoms with van der Waals surface area (Å²) in [5, 5.41) is 2.39. The number of nitrogens with one attached hydrogen (secondary N) is 1. The highest BCUT2D eigenvalue weighted by Gasteiger charge is 1.87. The van der Waals surface area contributed by atoms with Crippen LogP contribution >= 0.6 is 0 Å². The number of hydrogen-bond acceptors (Lipinski definition) is 2. The second kappa shape index (κ2) is 9.94. The summed E-state index contributed by atoms with van der Waals surface area (Å²) in [6.07, 6.45) is 0.861. The molecule has 0 radical (unpaired) electrons. The van der Waals surface area contributed by atoms with Crippen molar-refractivity contribution in [3.8, 4) is 0 Å². The van der Waals surface area contributed by atoms with Gasteiger partial charge in [-0.3, -0.25) is 9.59 Å². The Morgan fingerprint density at radius 2 is 1.75 bits per heavy atom. The van der Waals surface area contributed by atoms with Crippen LogP contribution in [0.4, 0.5) is 0 Å². The molecule has 0 aromatic rings. The highest BCUT2D eigenvalue weighted by molar-refractivity contribution is 5.72. The van der Waals surface area contributed by atoms with Crippen molar-refractivity contribution >= 4 is 12.3 Å². The first kappa shape index (κ1) is 13.5. The van der Waals surface area contributed by atoms with Crippen LogP contribution < -0.4 is 5.32 Å². The summed E-state index contributed by atoms with van der Waals surface area (Å²) in [4.78, 5) is 21.3. The molecular weight excluding hydrogens is 156 g/mol. The maximum absolute atomic E-state index is 9.89. The fraction of sp³-hybridized carbons (Fsp3) is 0.750. The third-order valence-electron chi connectivity index (χ3n) is 1.31. The van der Waals surface area contributed by atoms with E-state index in [0.717, 1.165) is 19.5 Å². The molecule has 0 fully saturated rings. The van der Waals surface area contributed by atoms with Crippen LogP contribution in [0.1, 0.15) is 20.8 Å². The molecule has 0 aromatic carbocycles. The number of nitrogens with zero attached hydrogens (tertiary/aromatic N) is 1. The van der Waals surface area contributed by atoms with Crippen LogP contribution in [0.15, 0.2) is 0 Å². The van der Waals surface area contributed by atoms with E-state index in [4.69, 9.17) is 0 Å². The van der Waals surface area contributed by atoms with E-state index >= 15 is 0 Å². The molecular formula is C8H18N2O2. The Hall–Kier alpha value is -1.06. The third-order valence-corrected chi connectivity index (χ3v) is 1.31. The summed E-state index contributed by atoms with van der Waals surface area (Å²) in [7, 11) is 1.60. The summed E-state index contributed by atoms with van der Waals surface area (Å²) in [5.41, 5.74) is 0. The van der Waals surface area contributed by atoms with Crippen molar-refractivity contribution in [2.75, 3.05) is 20.1 Å². The zero-order valence-electron chi connectivity index (χ0n) is 8.26. The van der Waals surface area contributed by atoms with Gasteiger partial charge in [0, 0.05) is 27.1 Å². The molecule has 0 aliphatic heterocycles. The topological polar surface area (TPSA) is 49.4 Å². The Morgan fingerprint density at radius 1 is 1.42 bits per heavy atom. The van der Waals surface area contributed by atoms with E-state index in [9.17, 15) is 9.59 Å². The molecule has 0 aliphatic rings. The lowest BCUT2D eigenvalue weighted by Gasteiger charge is -2.08. The summed E-state index contributed by atoms with van der Waals surface area (Å²) >= 11 is 0. The smallest absolute Gasteiger partial charge is 0.216 e. The van der Waals surface area contributed by atoms with E-state index in [1.807, 2.05) is 13.8 Å². The quantitative estimate of drug-likeness (QED) is 0.623. The second-order valence-corrected chi connectivity index (χ2v) is 2.13. The van der Waals surface area contributed by atoms with Gasteiger partial charge in [-0.25, -0.2) is 0 Å². The molecule has 1 N–H and O–H groups in total. The molecule has 0 aromatic heterocycles. The van der Waals surface area contributed by atoms with Crippen molar-refractivity contribution in [2.45, 2.75) is 20.8 Å². The summed E-state index contributed by atoms with van der Waals surface area (Å²) in [5.74, 6) is 0.00463. The summed E-state index contributed by atoms with van der Waals surface area (Å²) < 4.78 is 0. The standard InChI is InChI=1S/C5H11NO.C3H7NO/c1-3-6(4-2)5-7;1-3(5)4-2/h5H,3-4H2,1-2H3;1-2H3,(H,4,5). The van der Waals surface area contributed by atoms with Gasteiger partial charge in [-0.1, -0.05) is 0 Å². The fourth-order valence-electron chi connectivity index (χ4n) is 0.373. The monoisotopic (exact) mass is 174 g/mol. The van der Waals surface area contributed by atoms with Crippen molar-refractivity contribution < 1.29 is 9.59 Å². The van der Waals surface area contributed by atoms with Gasteiger partial charge in [-0.15, -0.1) is 0 Å². The molecule has 12 heavy (non-hydrogen) atoms. The fourth-order valence-corrected chi connectivity index (χ4v) is 0.373. The van der Waals surface area contributed by atoms with Crippen LogP contribution in [-0.4, -0.2) is 37.4 Å². The van der Waals surface area contributed by atoms with Gasteiger partial charge < -0.3 is 10.2 Å². The van der Waals surface area contributed by atoms with Gasteiger partial charge in [0.1, 0.15) is 0 Å². The van der Waals surface area contributed by atoms with Gasteiger partial charge in [0.25, 0.3) is 0 Å². The molecule has 0 rings (SSSR count). The minimum atomic E-state index is 0.00463. The second-order valence-electron chi connectivity index (χ2n) is 2.13. The van der Waals surface area contributed by atoms with Crippen LogP contribution in [0.3, 0.4) is 0 Å². The van der Waals surface area contributed by atoms with Gasteiger partial charge in [-0.2, -0.15) is 0 Å². The zero-order chi connectivity index (χ0) is 9.98. The van der Waals surface area contributed by atoms with Crippen LogP contribution in [0.5, 0.6) is 0 Å². The normalized spacial score (nSPS) is 7.67.